The minimum absolute atomic E-state index is 0.0323. The van der Waals surface area contributed by atoms with Crippen molar-refractivity contribution >= 4 is 18.7 Å². The molecule has 36 heavy (non-hydrogen) atoms. The number of nitrogens with zero attached hydrogens (tertiary/aromatic N) is 2. The second-order valence-corrected chi connectivity index (χ2v) is 14.4. The lowest BCUT2D eigenvalue weighted by atomic mass is 9.95. The monoisotopic (exact) mass is 505 g/mol. The molecule has 8 nitrogen and oxygen atoms in total. The standard InChI is InChI=1S/C27H31N3O5Si/c1-27(2,3)36(19-10-6-4-7-11-19,20-12-8-5-9-13-20)34-18-22-21(14-16-28)24(32)25(35-22)30-17-15-23(31)29-26(30)33/h4-13,15,17,21-22,24-25,32H,14,18H2,1-3H3,(H,29,31,33)/t21-,22-,24-,25-/m1/s1. The maximum atomic E-state index is 12.4. The topological polar surface area (TPSA) is 117 Å². The van der Waals surface area contributed by atoms with Gasteiger partial charge in [-0.3, -0.25) is 14.3 Å². The lowest BCUT2D eigenvalue weighted by Crippen LogP contribution is -2.67. The maximum Gasteiger partial charge on any atom is 0.330 e. The Labute approximate surface area is 210 Å². The van der Waals surface area contributed by atoms with Gasteiger partial charge in [-0.25, -0.2) is 4.79 Å². The summed E-state index contributed by atoms with van der Waals surface area (Å²) in [5.41, 5.74) is -1.22. The molecule has 2 aromatic carbocycles. The number of ether oxygens (including phenoxy) is 1. The summed E-state index contributed by atoms with van der Waals surface area (Å²) >= 11 is 0. The number of aliphatic hydroxyl groups is 1. The van der Waals surface area contributed by atoms with Crippen molar-refractivity contribution in [1.29, 1.82) is 5.26 Å². The number of aromatic amines is 1. The van der Waals surface area contributed by atoms with E-state index in [1.807, 2.05) is 36.4 Å². The van der Waals surface area contributed by atoms with Crippen LogP contribution in [0.2, 0.25) is 5.04 Å². The molecule has 0 aliphatic carbocycles. The number of H-pyrrole nitrogens is 1. The molecule has 1 saturated heterocycles. The van der Waals surface area contributed by atoms with Crippen molar-refractivity contribution < 1.29 is 14.3 Å². The summed E-state index contributed by atoms with van der Waals surface area (Å²) in [6, 6.07) is 23.6. The molecule has 0 bridgehead atoms. The highest BCUT2D eigenvalue weighted by molar-refractivity contribution is 6.99. The van der Waals surface area contributed by atoms with Crippen molar-refractivity contribution in [3.8, 4) is 6.07 Å². The molecule has 1 aromatic heterocycles. The number of rotatable bonds is 7. The predicted octanol–water partition coefficient (Wildman–Crippen LogP) is 1.90. The van der Waals surface area contributed by atoms with Gasteiger partial charge < -0.3 is 14.3 Å². The largest absolute Gasteiger partial charge is 0.405 e. The molecule has 2 N–H and O–H groups in total. The van der Waals surface area contributed by atoms with Crippen LogP contribution < -0.4 is 21.6 Å². The molecule has 1 aliphatic heterocycles. The van der Waals surface area contributed by atoms with E-state index in [9.17, 15) is 20.0 Å². The predicted molar refractivity (Wildman–Crippen MR) is 139 cm³/mol. The average molecular weight is 506 g/mol. The summed E-state index contributed by atoms with van der Waals surface area (Å²) < 4.78 is 14.3. The van der Waals surface area contributed by atoms with Gasteiger partial charge in [-0.2, -0.15) is 5.26 Å². The van der Waals surface area contributed by atoms with Crippen LogP contribution in [0.15, 0.2) is 82.5 Å². The number of hydrogen-bond donors (Lipinski definition) is 2. The SMILES string of the molecule is CC(C)(C)[Si](OC[C@H]1O[C@@H](n2ccc(=O)[nH]c2=O)[C@H](O)[C@@H]1CC#N)(c1ccccc1)c1ccccc1. The van der Waals surface area contributed by atoms with Crippen molar-refractivity contribution in [2.75, 3.05) is 6.61 Å². The van der Waals surface area contributed by atoms with Gasteiger partial charge in [-0.15, -0.1) is 0 Å². The molecule has 4 atom stereocenters. The van der Waals surface area contributed by atoms with Crippen molar-refractivity contribution in [2.45, 2.75) is 50.7 Å². The van der Waals surface area contributed by atoms with Crippen LogP contribution in [-0.4, -0.2) is 41.8 Å². The van der Waals surface area contributed by atoms with Gasteiger partial charge in [0.15, 0.2) is 6.23 Å². The number of hydrogen-bond acceptors (Lipinski definition) is 6. The van der Waals surface area contributed by atoms with Crippen molar-refractivity contribution in [1.82, 2.24) is 9.55 Å². The number of aromatic nitrogens is 2. The highest BCUT2D eigenvalue weighted by Crippen LogP contribution is 2.39. The van der Waals surface area contributed by atoms with Crippen LogP contribution in [0.3, 0.4) is 0 Å². The summed E-state index contributed by atoms with van der Waals surface area (Å²) in [6.45, 7) is 6.63. The Morgan fingerprint density at radius 1 is 1.06 bits per heavy atom. The maximum absolute atomic E-state index is 12.4. The molecule has 0 spiro atoms. The second-order valence-electron chi connectivity index (χ2n) is 10.1. The zero-order valence-electron chi connectivity index (χ0n) is 20.6. The first-order valence-corrected chi connectivity index (χ1v) is 13.9. The van der Waals surface area contributed by atoms with Crippen molar-refractivity contribution in [3.05, 3.63) is 93.8 Å². The zero-order chi connectivity index (χ0) is 25.9. The Balaban J connectivity index is 1.72. The summed E-state index contributed by atoms with van der Waals surface area (Å²) in [6.07, 6.45) is -1.47. The van der Waals surface area contributed by atoms with Gasteiger partial charge in [0.25, 0.3) is 13.9 Å². The van der Waals surface area contributed by atoms with E-state index in [0.29, 0.717) is 0 Å². The Bertz CT molecular complexity index is 1290. The highest BCUT2D eigenvalue weighted by atomic mass is 28.4. The number of aliphatic hydroxyl groups excluding tert-OH is 1. The first-order chi connectivity index (χ1) is 17.2. The quantitative estimate of drug-likeness (QED) is 0.474. The van der Waals surface area contributed by atoms with E-state index >= 15 is 0 Å². The van der Waals surface area contributed by atoms with Crippen molar-refractivity contribution in [2.24, 2.45) is 5.92 Å². The summed E-state index contributed by atoms with van der Waals surface area (Å²) in [5.74, 6) is -0.572. The Morgan fingerprint density at radius 3 is 2.14 bits per heavy atom. The summed E-state index contributed by atoms with van der Waals surface area (Å²) in [4.78, 5) is 26.1. The van der Waals surface area contributed by atoms with Gasteiger partial charge in [-0.05, 0) is 15.4 Å². The fourth-order valence-corrected chi connectivity index (χ4v) is 9.71. The Morgan fingerprint density at radius 2 is 1.64 bits per heavy atom. The van der Waals surface area contributed by atoms with E-state index in [2.05, 4.69) is 56.1 Å². The summed E-state index contributed by atoms with van der Waals surface area (Å²) in [5, 5.41) is 22.5. The molecule has 0 radical (unpaired) electrons. The van der Waals surface area contributed by atoms with Gasteiger partial charge in [0.1, 0.15) is 6.10 Å². The highest BCUT2D eigenvalue weighted by Gasteiger charge is 2.52. The molecule has 1 fully saturated rings. The molecule has 9 heteroatoms. The average Bonchev–Trinajstić information content (AvgIpc) is 3.15. The molecule has 3 aromatic rings. The number of nitriles is 1. The molecule has 0 unspecified atom stereocenters. The molecule has 2 heterocycles. The second kappa shape index (κ2) is 10.4. The third-order valence-electron chi connectivity index (χ3n) is 6.86. The molecule has 188 valence electrons. The van der Waals surface area contributed by atoms with Gasteiger partial charge in [0, 0.05) is 24.6 Å². The lowest BCUT2D eigenvalue weighted by Gasteiger charge is -2.43. The van der Waals surface area contributed by atoms with E-state index in [1.165, 1.54) is 12.3 Å². The normalized spacial score (nSPS) is 22.3. The Hall–Kier alpha value is -3.29. The molecular weight excluding hydrogens is 474 g/mol. The molecule has 4 rings (SSSR count). The molecular formula is C27H31N3O5Si. The van der Waals surface area contributed by atoms with Crippen LogP contribution >= 0.6 is 0 Å². The van der Waals surface area contributed by atoms with Crippen LogP contribution in [0.5, 0.6) is 0 Å². The first-order valence-electron chi connectivity index (χ1n) is 12.0. The number of nitrogens with one attached hydrogen (secondary N) is 1. The van der Waals surface area contributed by atoms with E-state index in [4.69, 9.17) is 9.16 Å². The van der Waals surface area contributed by atoms with Crippen LogP contribution in [-0.2, 0) is 9.16 Å². The molecule has 0 amide bonds. The first kappa shape index (κ1) is 25.8. The van der Waals surface area contributed by atoms with Gasteiger partial charge >= 0.3 is 5.69 Å². The molecule has 1 aliphatic rings. The lowest BCUT2D eigenvalue weighted by molar-refractivity contribution is -0.0515. The van der Waals surface area contributed by atoms with Crippen LogP contribution in [0, 0.1) is 17.2 Å². The van der Waals surface area contributed by atoms with Gasteiger partial charge in [0.2, 0.25) is 0 Å². The van der Waals surface area contributed by atoms with Gasteiger partial charge in [0.05, 0.1) is 18.8 Å². The van der Waals surface area contributed by atoms with E-state index < -0.39 is 43.9 Å². The van der Waals surface area contributed by atoms with E-state index in [-0.39, 0.29) is 18.1 Å². The van der Waals surface area contributed by atoms with Crippen LogP contribution in [0.4, 0.5) is 0 Å². The summed E-state index contributed by atoms with van der Waals surface area (Å²) in [7, 11) is -2.87. The third kappa shape index (κ3) is 4.73. The van der Waals surface area contributed by atoms with Crippen molar-refractivity contribution in [3.63, 3.8) is 0 Å². The van der Waals surface area contributed by atoms with Gasteiger partial charge in [-0.1, -0.05) is 81.4 Å². The minimum atomic E-state index is -2.87. The Kier molecular flexibility index (Phi) is 7.43. The minimum Gasteiger partial charge on any atom is -0.405 e. The fourth-order valence-electron chi connectivity index (χ4n) is 5.14. The van der Waals surface area contributed by atoms with Crippen LogP contribution in [0.1, 0.15) is 33.4 Å². The molecule has 0 saturated carbocycles. The zero-order valence-corrected chi connectivity index (χ0v) is 21.6. The smallest absolute Gasteiger partial charge is 0.330 e. The fraction of sp³-hybridized carbons (Fsp3) is 0.370. The van der Waals surface area contributed by atoms with Crippen LogP contribution in [0.25, 0.3) is 0 Å². The number of benzene rings is 2. The van der Waals surface area contributed by atoms with E-state index in [0.717, 1.165) is 14.9 Å². The third-order valence-corrected chi connectivity index (χ3v) is 11.9. The van der Waals surface area contributed by atoms with E-state index in [1.54, 1.807) is 0 Å².